The summed E-state index contributed by atoms with van der Waals surface area (Å²) >= 11 is 0. The molecule has 25 heavy (non-hydrogen) atoms. The number of nitrogens with one attached hydrogen (secondary N) is 1. The Bertz CT molecular complexity index is 696. The molecule has 1 aliphatic heterocycles. The first-order valence-corrected chi connectivity index (χ1v) is 8.48. The van der Waals surface area contributed by atoms with Crippen LogP contribution < -0.4 is 10.1 Å². The minimum Gasteiger partial charge on any atom is -0.493 e. The van der Waals surface area contributed by atoms with E-state index in [1.807, 2.05) is 30.3 Å². The summed E-state index contributed by atoms with van der Waals surface area (Å²) in [7, 11) is 1.54. The summed E-state index contributed by atoms with van der Waals surface area (Å²) in [5, 5.41) is 7.35. The predicted molar refractivity (Wildman–Crippen MR) is 94.3 cm³/mol. The number of carbonyl (C=O) groups excluding carboxylic acids is 1. The Morgan fingerprint density at radius 1 is 1.32 bits per heavy atom. The summed E-state index contributed by atoms with van der Waals surface area (Å²) in [6, 6.07) is 9.88. The van der Waals surface area contributed by atoms with Crippen LogP contribution in [0.25, 0.3) is 5.69 Å². The minimum atomic E-state index is -0.230. The molecule has 0 bridgehead atoms. The monoisotopic (exact) mass is 344 g/mol. The standard InChI is InChI=1S/C18H24N4O3/c1-14(21-8-10-25-11-9-21)12-19-18(23)17-16(24-2)13-22(20-17)15-6-4-3-5-7-15/h3-7,13-14H,8-12H2,1-2H3,(H,19,23)/t14-/m0/s1. The van der Waals surface area contributed by atoms with E-state index in [-0.39, 0.29) is 11.9 Å². The molecule has 3 rings (SSSR count). The highest BCUT2D eigenvalue weighted by atomic mass is 16.5. The molecule has 2 aromatic rings. The van der Waals surface area contributed by atoms with Crippen molar-refractivity contribution in [2.24, 2.45) is 0 Å². The summed E-state index contributed by atoms with van der Waals surface area (Å²) in [6.07, 6.45) is 1.72. The van der Waals surface area contributed by atoms with Crippen molar-refractivity contribution in [3.8, 4) is 11.4 Å². The fourth-order valence-electron chi connectivity index (χ4n) is 2.85. The van der Waals surface area contributed by atoms with E-state index in [0.717, 1.165) is 32.0 Å². The Kier molecular flexibility index (Phi) is 5.67. The maximum atomic E-state index is 12.5. The molecule has 1 amide bonds. The van der Waals surface area contributed by atoms with Gasteiger partial charge in [-0.3, -0.25) is 9.69 Å². The van der Waals surface area contributed by atoms with Crippen molar-refractivity contribution in [2.75, 3.05) is 40.0 Å². The Balaban J connectivity index is 1.66. The zero-order chi connectivity index (χ0) is 17.6. The molecular weight excluding hydrogens is 320 g/mol. The van der Waals surface area contributed by atoms with Gasteiger partial charge >= 0.3 is 0 Å². The molecule has 0 saturated carbocycles. The molecule has 1 aromatic carbocycles. The van der Waals surface area contributed by atoms with Gasteiger partial charge in [-0.05, 0) is 19.1 Å². The van der Waals surface area contributed by atoms with Crippen LogP contribution in [0, 0.1) is 0 Å². The number of nitrogens with zero attached hydrogens (tertiary/aromatic N) is 3. The maximum absolute atomic E-state index is 12.5. The molecule has 7 heteroatoms. The zero-order valence-corrected chi connectivity index (χ0v) is 14.6. The average molecular weight is 344 g/mol. The van der Waals surface area contributed by atoms with Gasteiger partial charge in [-0.2, -0.15) is 5.10 Å². The van der Waals surface area contributed by atoms with Gasteiger partial charge in [-0.25, -0.2) is 4.68 Å². The van der Waals surface area contributed by atoms with E-state index < -0.39 is 0 Å². The summed E-state index contributed by atoms with van der Waals surface area (Å²) in [5.74, 6) is 0.229. The number of carbonyl (C=O) groups is 1. The van der Waals surface area contributed by atoms with Crippen molar-refractivity contribution in [1.82, 2.24) is 20.0 Å². The number of amides is 1. The van der Waals surface area contributed by atoms with Crippen LogP contribution in [0.1, 0.15) is 17.4 Å². The summed E-state index contributed by atoms with van der Waals surface area (Å²) < 4.78 is 12.3. The van der Waals surface area contributed by atoms with Crippen LogP contribution in [-0.2, 0) is 4.74 Å². The van der Waals surface area contributed by atoms with E-state index in [9.17, 15) is 4.79 Å². The summed E-state index contributed by atoms with van der Waals surface area (Å²) in [5.41, 5.74) is 1.17. The molecule has 1 aliphatic rings. The lowest BCUT2D eigenvalue weighted by Crippen LogP contribution is -2.47. The van der Waals surface area contributed by atoms with Crippen LogP contribution in [0.3, 0.4) is 0 Å². The molecule has 0 spiro atoms. The molecule has 1 aromatic heterocycles. The van der Waals surface area contributed by atoms with Gasteiger partial charge in [0.05, 0.1) is 32.2 Å². The maximum Gasteiger partial charge on any atom is 0.275 e. The van der Waals surface area contributed by atoms with Gasteiger partial charge < -0.3 is 14.8 Å². The SMILES string of the molecule is COc1cn(-c2ccccc2)nc1C(=O)NC[C@H](C)N1CCOCC1. The second-order valence-corrected chi connectivity index (χ2v) is 6.03. The van der Waals surface area contributed by atoms with Gasteiger partial charge in [0, 0.05) is 25.7 Å². The highest BCUT2D eigenvalue weighted by Crippen LogP contribution is 2.19. The molecule has 1 fully saturated rings. The third-order valence-electron chi connectivity index (χ3n) is 4.36. The number of hydrogen-bond acceptors (Lipinski definition) is 5. The lowest BCUT2D eigenvalue weighted by Gasteiger charge is -2.32. The molecule has 1 atom stereocenters. The van der Waals surface area contributed by atoms with E-state index in [1.165, 1.54) is 0 Å². The molecule has 0 aliphatic carbocycles. The van der Waals surface area contributed by atoms with Gasteiger partial charge in [0.25, 0.3) is 5.91 Å². The Labute approximate surface area is 147 Å². The second-order valence-electron chi connectivity index (χ2n) is 6.03. The molecule has 7 nitrogen and oxygen atoms in total. The molecule has 0 radical (unpaired) electrons. The molecular formula is C18H24N4O3. The van der Waals surface area contributed by atoms with Crippen molar-refractivity contribution in [2.45, 2.75) is 13.0 Å². The topological polar surface area (TPSA) is 68.6 Å². The van der Waals surface area contributed by atoms with Crippen LogP contribution in [0.2, 0.25) is 0 Å². The Morgan fingerprint density at radius 2 is 2.04 bits per heavy atom. The lowest BCUT2D eigenvalue weighted by atomic mass is 10.2. The first kappa shape index (κ1) is 17.4. The first-order chi connectivity index (χ1) is 12.2. The van der Waals surface area contributed by atoms with Gasteiger partial charge in [0.15, 0.2) is 11.4 Å². The van der Waals surface area contributed by atoms with E-state index in [4.69, 9.17) is 9.47 Å². The predicted octanol–water partition coefficient (Wildman–Crippen LogP) is 1.33. The highest BCUT2D eigenvalue weighted by molar-refractivity contribution is 5.95. The largest absolute Gasteiger partial charge is 0.493 e. The van der Waals surface area contributed by atoms with Crippen molar-refractivity contribution < 1.29 is 14.3 Å². The lowest BCUT2D eigenvalue weighted by molar-refractivity contribution is 0.0204. The number of methoxy groups -OCH3 is 1. The Morgan fingerprint density at radius 3 is 2.72 bits per heavy atom. The second kappa shape index (κ2) is 8.13. The van der Waals surface area contributed by atoms with E-state index >= 15 is 0 Å². The molecule has 134 valence electrons. The van der Waals surface area contributed by atoms with E-state index in [2.05, 4.69) is 22.2 Å². The van der Waals surface area contributed by atoms with Crippen molar-refractivity contribution in [3.05, 3.63) is 42.2 Å². The van der Waals surface area contributed by atoms with Crippen LogP contribution in [0.5, 0.6) is 5.75 Å². The number of ether oxygens (including phenoxy) is 2. The van der Waals surface area contributed by atoms with Crippen molar-refractivity contribution >= 4 is 5.91 Å². The van der Waals surface area contributed by atoms with Gasteiger partial charge in [-0.15, -0.1) is 0 Å². The number of aromatic nitrogens is 2. The molecule has 0 unspecified atom stereocenters. The fraction of sp³-hybridized carbons (Fsp3) is 0.444. The minimum absolute atomic E-state index is 0.230. The highest BCUT2D eigenvalue weighted by Gasteiger charge is 2.21. The van der Waals surface area contributed by atoms with Crippen LogP contribution in [0.4, 0.5) is 0 Å². The summed E-state index contributed by atoms with van der Waals surface area (Å²) in [4.78, 5) is 14.9. The van der Waals surface area contributed by atoms with Crippen LogP contribution in [0.15, 0.2) is 36.5 Å². The number of benzene rings is 1. The van der Waals surface area contributed by atoms with E-state index in [1.54, 1.807) is 18.0 Å². The van der Waals surface area contributed by atoms with E-state index in [0.29, 0.717) is 18.0 Å². The van der Waals surface area contributed by atoms with Crippen LogP contribution in [-0.4, -0.2) is 66.6 Å². The average Bonchev–Trinajstić information content (AvgIpc) is 3.12. The number of para-hydroxylation sites is 1. The molecule has 1 N–H and O–H groups in total. The van der Waals surface area contributed by atoms with Crippen molar-refractivity contribution in [1.29, 1.82) is 0 Å². The van der Waals surface area contributed by atoms with Crippen LogP contribution >= 0.6 is 0 Å². The third kappa shape index (κ3) is 4.18. The van der Waals surface area contributed by atoms with Crippen molar-refractivity contribution in [3.63, 3.8) is 0 Å². The smallest absolute Gasteiger partial charge is 0.275 e. The Hall–Kier alpha value is -2.38. The number of rotatable bonds is 6. The molecule has 2 heterocycles. The van der Waals surface area contributed by atoms with Gasteiger partial charge in [-0.1, -0.05) is 18.2 Å². The fourth-order valence-corrected chi connectivity index (χ4v) is 2.85. The normalized spacial score (nSPS) is 16.4. The third-order valence-corrected chi connectivity index (χ3v) is 4.36. The van der Waals surface area contributed by atoms with Gasteiger partial charge in [0.1, 0.15) is 0 Å². The zero-order valence-electron chi connectivity index (χ0n) is 14.6. The molecule has 1 saturated heterocycles. The first-order valence-electron chi connectivity index (χ1n) is 8.48. The number of morpholine rings is 1. The summed E-state index contributed by atoms with van der Waals surface area (Å²) in [6.45, 7) is 5.93. The number of hydrogen-bond donors (Lipinski definition) is 1. The van der Waals surface area contributed by atoms with Gasteiger partial charge in [0.2, 0.25) is 0 Å². The quantitative estimate of drug-likeness (QED) is 0.856.